The van der Waals surface area contributed by atoms with Crippen molar-refractivity contribution in [2.24, 2.45) is 5.73 Å². The fraction of sp³-hybridized carbons (Fsp3) is 0.462. The Balaban J connectivity index is 0.00000180. The second-order valence-electron chi connectivity index (χ2n) is 4.71. The summed E-state index contributed by atoms with van der Waals surface area (Å²) in [5.41, 5.74) is 6.43. The van der Waals surface area contributed by atoms with Gasteiger partial charge in [-0.2, -0.15) is 0 Å². The Kier molecular flexibility index (Phi) is 6.60. The van der Waals surface area contributed by atoms with Crippen molar-refractivity contribution >= 4 is 45.8 Å². The van der Waals surface area contributed by atoms with E-state index in [-0.39, 0.29) is 30.4 Å². The van der Waals surface area contributed by atoms with Gasteiger partial charge < -0.3 is 11.1 Å². The summed E-state index contributed by atoms with van der Waals surface area (Å²) in [4.78, 5) is 12.1. The van der Waals surface area contributed by atoms with E-state index >= 15 is 0 Å². The predicted octanol–water partition coefficient (Wildman–Crippen LogP) is 3.52. The van der Waals surface area contributed by atoms with Gasteiger partial charge in [-0.3, -0.25) is 4.79 Å². The summed E-state index contributed by atoms with van der Waals surface area (Å²) in [6.07, 6.45) is 3.85. The summed E-state index contributed by atoms with van der Waals surface area (Å²) in [5.74, 6) is -0.0788. The standard InChI is InChI=1S/C13H16BrClN2O.ClH/c14-12-6-1-8(15)7-11(12)13(18)17-10-4-2-9(16)3-5-10;/h1,6-7,9-10H,2-5,16H2,(H,17,18);1H. The van der Waals surface area contributed by atoms with E-state index in [0.29, 0.717) is 10.6 Å². The molecule has 1 amide bonds. The quantitative estimate of drug-likeness (QED) is 0.840. The highest BCUT2D eigenvalue weighted by molar-refractivity contribution is 9.10. The molecule has 0 unspecified atom stereocenters. The van der Waals surface area contributed by atoms with E-state index in [1.165, 1.54) is 0 Å². The van der Waals surface area contributed by atoms with E-state index in [0.717, 1.165) is 30.2 Å². The molecule has 0 aliphatic heterocycles. The third-order valence-electron chi connectivity index (χ3n) is 3.28. The van der Waals surface area contributed by atoms with Crippen LogP contribution in [0.1, 0.15) is 36.0 Å². The van der Waals surface area contributed by atoms with Crippen LogP contribution in [0.25, 0.3) is 0 Å². The molecule has 19 heavy (non-hydrogen) atoms. The lowest BCUT2D eigenvalue weighted by Gasteiger charge is -2.26. The van der Waals surface area contributed by atoms with Crippen LogP contribution < -0.4 is 11.1 Å². The van der Waals surface area contributed by atoms with Crippen LogP contribution in [-0.4, -0.2) is 18.0 Å². The van der Waals surface area contributed by atoms with Crippen LogP contribution in [0.5, 0.6) is 0 Å². The number of amides is 1. The lowest BCUT2D eigenvalue weighted by molar-refractivity contribution is 0.0925. The van der Waals surface area contributed by atoms with E-state index in [9.17, 15) is 4.79 Å². The maximum absolute atomic E-state index is 12.1. The molecule has 0 bridgehead atoms. The number of nitrogens with two attached hydrogens (primary N) is 1. The maximum Gasteiger partial charge on any atom is 0.252 e. The van der Waals surface area contributed by atoms with Crippen LogP contribution >= 0.6 is 39.9 Å². The van der Waals surface area contributed by atoms with Gasteiger partial charge >= 0.3 is 0 Å². The predicted molar refractivity (Wildman–Crippen MR) is 84.1 cm³/mol. The molecule has 1 saturated carbocycles. The Morgan fingerprint density at radius 2 is 1.95 bits per heavy atom. The molecule has 1 aromatic carbocycles. The van der Waals surface area contributed by atoms with Crippen LogP contribution in [0, 0.1) is 0 Å². The van der Waals surface area contributed by atoms with Crippen molar-refractivity contribution in [3.63, 3.8) is 0 Å². The summed E-state index contributed by atoms with van der Waals surface area (Å²) < 4.78 is 0.761. The van der Waals surface area contributed by atoms with Crippen LogP contribution in [-0.2, 0) is 0 Å². The Bertz CT molecular complexity index is 448. The number of benzene rings is 1. The lowest BCUT2D eigenvalue weighted by atomic mass is 9.91. The van der Waals surface area contributed by atoms with Gasteiger partial charge in [0, 0.05) is 21.6 Å². The fourth-order valence-electron chi connectivity index (χ4n) is 2.20. The molecule has 1 fully saturated rings. The normalized spacial score (nSPS) is 22.5. The summed E-state index contributed by atoms with van der Waals surface area (Å²) in [6, 6.07) is 5.73. The van der Waals surface area contributed by atoms with Crippen LogP contribution in [0.15, 0.2) is 22.7 Å². The minimum atomic E-state index is -0.0788. The molecule has 1 aliphatic carbocycles. The van der Waals surface area contributed by atoms with Crippen molar-refractivity contribution in [3.8, 4) is 0 Å². The van der Waals surface area contributed by atoms with E-state index in [2.05, 4.69) is 21.2 Å². The van der Waals surface area contributed by atoms with Gasteiger partial charge in [-0.1, -0.05) is 11.6 Å². The highest BCUT2D eigenvalue weighted by atomic mass is 79.9. The minimum absolute atomic E-state index is 0. The van der Waals surface area contributed by atoms with Gasteiger partial charge in [-0.15, -0.1) is 12.4 Å². The van der Waals surface area contributed by atoms with Crippen molar-refractivity contribution in [1.82, 2.24) is 5.32 Å². The first-order valence-corrected chi connectivity index (χ1v) is 7.25. The van der Waals surface area contributed by atoms with Gasteiger partial charge in [0.25, 0.3) is 5.91 Å². The van der Waals surface area contributed by atoms with Crippen LogP contribution in [0.2, 0.25) is 5.02 Å². The van der Waals surface area contributed by atoms with Crippen molar-refractivity contribution in [1.29, 1.82) is 0 Å². The zero-order chi connectivity index (χ0) is 13.1. The molecule has 106 valence electrons. The lowest BCUT2D eigenvalue weighted by Crippen LogP contribution is -2.40. The zero-order valence-corrected chi connectivity index (χ0v) is 13.5. The first kappa shape index (κ1) is 16.8. The Morgan fingerprint density at radius 3 is 2.58 bits per heavy atom. The van der Waals surface area contributed by atoms with E-state index in [1.807, 2.05) is 0 Å². The Hall–Kier alpha value is -0.290. The van der Waals surface area contributed by atoms with Crippen molar-refractivity contribution in [3.05, 3.63) is 33.3 Å². The first-order chi connectivity index (χ1) is 8.56. The third-order valence-corrected chi connectivity index (χ3v) is 4.21. The summed E-state index contributed by atoms with van der Waals surface area (Å²) in [5, 5.41) is 3.60. The molecule has 0 radical (unpaired) electrons. The minimum Gasteiger partial charge on any atom is -0.349 e. The molecule has 0 heterocycles. The van der Waals surface area contributed by atoms with Gasteiger partial charge in [0.05, 0.1) is 5.56 Å². The van der Waals surface area contributed by atoms with E-state index in [1.54, 1.807) is 18.2 Å². The molecule has 0 atom stereocenters. The average molecular weight is 368 g/mol. The second kappa shape index (κ2) is 7.48. The SMILES string of the molecule is Cl.NC1CCC(NC(=O)c2cc(Cl)ccc2Br)CC1. The van der Waals surface area contributed by atoms with Gasteiger partial charge in [0.15, 0.2) is 0 Å². The Morgan fingerprint density at radius 1 is 1.32 bits per heavy atom. The number of rotatable bonds is 2. The second-order valence-corrected chi connectivity index (χ2v) is 6.00. The molecule has 6 heteroatoms. The molecule has 1 aromatic rings. The monoisotopic (exact) mass is 366 g/mol. The first-order valence-electron chi connectivity index (χ1n) is 6.08. The topological polar surface area (TPSA) is 55.1 Å². The Labute approximate surface area is 132 Å². The third kappa shape index (κ3) is 4.63. The van der Waals surface area contributed by atoms with E-state index < -0.39 is 0 Å². The molecule has 0 aromatic heterocycles. The number of carbonyl (C=O) groups excluding carboxylic acids is 1. The number of carbonyl (C=O) groups is 1. The molecule has 3 nitrogen and oxygen atoms in total. The number of hydrogen-bond donors (Lipinski definition) is 2. The smallest absolute Gasteiger partial charge is 0.252 e. The molecule has 2 rings (SSSR count). The highest BCUT2D eigenvalue weighted by Crippen LogP contribution is 2.22. The van der Waals surface area contributed by atoms with Gasteiger partial charge in [0.2, 0.25) is 0 Å². The van der Waals surface area contributed by atoms with Crippen LogP contribution in [0.4, 0.5) is 0 Å². The van der Waals surface area contributed by atoms with Crippen molar-refractivity contribution in [2.75, 3.05) is 0 Å². The summed E-state index contributed by atoms with van der Waals surface area (Å²) >= 11 is 9.27. The van der Waals surface area contributed by atoms with Gasteiger partial charge in [0.1, 0.15) is 0 Å². The van der Waals surface area contributed by atoms with Crippen molar-refractivity contribution < 1.29 is 4.79 Å². The molecular weight excluding hydrogens is 351 g/mol. The highest BCUT2D eigenvalue weighted by Gasteiger charge is 2.21. The summed E-state index contributed by atoms with van der Waals surface area (Å²) in [6.45, 7) is 0. The maximum atomic E-state index is 12.1. The zero-order valence-electron chi connectivity index (χ0n) is 10.4. The molecule has 0 spiro atoms. The molecule has 0 saturated heterocycles. The largest absolute Gasteiger partial charge is 0.349 e. The summed E-state index contributed by atoms with van der Waals surface area (Å²) in [7, 11) is 0. The number of nitrogens with one attached hydrogen (secondary N) is 1. The van der Waals surface area contributed by atoms with E-state index in [4.69, 9.17) is 17.3 Å². The number of hydrogen-bond acceptors (Lipinski definition) is 2. The molecule has 3 N–H and O–H groups in total. The van der Waals surface area contributed by atoms with Gasteiger partial charge in [-0.05, 0) is 59.8 Å². The van der Waals surface area contributed by atoms with Crippen molar-refractivity contribution in [2.45, 2.75) is 37.8 Å². The molecule has 1 aliphatic rings. The fourth-order valence-corrected chi connectivity index (χ4v) is 2.80. The van der Waals surface area contributed by atoms with Crippen LogP contribution in [0.3, 0.4) is 0 Å². The molecular formula is C13H17BrCl2N2O. The average Bonchev–Trinajstić information content (AvgIpc) is 2.35. The number of halogens is 3. The van der Waals surface area contributed by atoms with Gasteiger partial charge in [-0.25, -0.2) is 0 Å².